The van der Waals surface area contributed by atoms with Gasteiger partial charge in [0.15, 0.2) is 0 Å². The Kier molecular flexibility index (Phi) is 2.60. The van der Waals surface area contributed by atoms with E-state index in [1.54, 1.807) is 0 Å². The van der Waals surface area contributed by atoms with Crippen LogP contribution in [0.4, 0.5) is 5.82 Å². The van der Waals surface area contributed by atoms with Crippen LogP contribution in [0.2, 0.25) is 0 Å². The maximum Gasteiger partial charge on any atom is 0.236 e. The third-order valence-corrected chi connectivity index (χ3v) is 3.88. The number of aliphatic hydroxyl groups excluding tert-OH is 1. The third-order valence-electron chi connectivity index (χ3n) is 3.88. The summed E-state index contributed by atoms with van der Waals surface area (Å²) in [7, 11) is 0. The topological polar surface area (TPSA) is 62.5 Å². The Morgan fingerprint density at radius 2 is 2.10 bits per heavy atom. The number of aryl methyl sites for hydroxylation is 1. The standard InChI is InChI=1S/C15H16N4O/c20-9-8-16-14-10-4-3-6-11(10)17-15-18-12-5-1-2-7-13(12)19(14)15/h1-2,5,7,16,20H,3-4,6,8-9H2. The molecule has 5 nitrogen and oxygen atoms in total. The molecule has 0 aliphatic heterocycles. The first-order chi connectivity index (χ1) is 9.88. The van der Waals surface area contributed by atoms with Gasteiger partial charge < -0.3 is 10.4 Å². The van der Waals surface area contributed by atoms with Gasteiger partial charge in [-0.1, -0.05) is 12.1 Å². The van der Waals surface area contributed by atoms with Gasteiger partial charge in [-0.05, 0) is 31.4 Å². The summed E-state index contributed by atoms with van der Waals surface area (Å²) in [6.07, 6.45) is 3.20. The lowest BCUT2D eigenvalue weighted by molar-refractivity contribution is 0.311. The van der Waals surface area contributed by atoms with E-state index < -0.39 is 0 Å². The number of nitrogens with one attached hydrogen (secondary N) is 1. The average molecular weight is 268 g/mol. The molecular formula is C15H16N4O. The van der Waals surface area contributed by atoms with Crippen LogP contribution in [-0.4, -0.2) is 32.6 Å². The van der Waals surface area contributed by atoms with Gasteiger partial charge in [-0.25, -0.2) is 9.97 Å². The molecule has 1 aliphatic carbocycles. The molecular weight excluding hydrogens is 252 g/mol. The third kappa shape index (κ3) is 1.59. The molecule has 1 aromatic carbocycles. The van der Waals surface area contributed by atoms with Crippen molar-refractivity contribution in [3.05, 3.63) is 35.5 Å². The van der Waals surface area contributed by atoms with Gasteiger partial charge in [0.05, 0.1) is 23.3 Å². The Balaban J connectivity index is 2.07. The van der Waals surface area contributed by atoms with E-state index in [2.05, 4.69) is 20.8 Å². The van der Waals surface area contributed by atoms with Gasteiger partial charge in [0.2, 0.25) is 5.78 Å². The van der Waals surface area contributed by atoms with E-state index in [0.29, 0.717) is 6.54 Å². The van der Waals surface area contributed by atoms with Crippen molar-refractivity contribution < 1.29 is 5.11 Å². The quantitative estimate of drug-likeness (QED) is 0.760. The minimum atomic E-state index is 0.116. The van der Waals surface area contributed by atoms with Gasteiger partial charge in [0, 0.05) is 12.1 Å². The average Bonchev–Trinajstić information content (AvgIpc) is 3.07. The molecule has 0 amide bonds. The fourth-order valence-electron chi connectivity index (χ4n) is 3.03. The minimum Gasteiger partial charge on any atom is -0.395 e. The normalized spacial score (nSPS) is 14.1. The molecule has 5 heteroatoms. The van der Waals surface area contributed by atoms with Crippen LogP contribution in [0.25, 0.3) is 16.8 Å². The maximum absolute atomic E-state index is 9.11. The second-order valence-electron chi connectivity index (χ2n) is 5.13. The van der Waals surface area contributed by atoms with Crippen LogP contribution in [0.1, 0.15) is 17.7 Å². The summed E-state index contributed by atoms with van der Waals surface area (Å²) in [5.74, 6) is 1.79. The number of benzene rings is 1. The summed E-state index contributed by atoms with van der Waals surface area (Å²) in [4.78, 5) is 9.32. The molecule has 2 aromatic heterocycles. The number of rotatable bonds is 3. The molecule has 20 heavy (non-hydrogen) atoms. The monoisotopic (exact) mass is 268 g/mol. The molecule has 0 unspecified atom stereocenters. The van der Waals surface area contributed by atoms with E-state index in [1.807, 2.05) is 18.2 Å². The zero-order valence-corrected chi connectivity index (χ0v) is 11.1. The van der Waals surface area contributed by atoms with E-state index in [-0.39, 0.29) is 6.61 Å². The highest BCUT2D eigenvalue weighted by Crippen LogP contribution is 2.30. The molecule has 2 N–H and O–H groups in total. The zero-order chi connectivity index (χ0) is 13.5. The van der Waals surface area contributed by atoms with E-state index in [0.717, 1.165) is 47.6 Å². The number of anilines is 1. The molecule has 0 radical (unpaired) electrons. The van der Waals surface area contributed by atoms with E-state index in [4.69, 9.17) is 10.1 Å². The van der Waals surface area contributed by atoms with Crippen molar-refractivity contribution in [1.29, 1.82) is 0 Å². The van der Waals surface area contributed by atoms with Crippen LogP contribution in [0.15, 0.2) is 24.3 Å². The van der Waals surface area contributed by atoms with Crippen molar-refractivity contribution in [1.82, 2.24) is 14.4 Å². The first-order valence-corrected chi connectivity index (χ1v) is 7.02. The van der Waals surface area contributed by atoms with Crippen LogP contribution in [0, 0.1) is 0 Å². The number of hydrogen-bond donors (Lipinski definition) is 2. The van der Waals surface area contributed by atoms with Gasteiger partial charge in [0.25, 0.3) is 0 Å². The summed E-state index contributed by atoms with van der Waals surface area (Å²) in [5, 5.41) is 12.5. The number of imidazole rings is 1. The molecule has 0 bridgehead atoms. The lowest BCUT2D eigenvalue weighted by Gasteiger charge is -2.13. The molecule has 2 heterocycles. The van der Waals surface area contributed by atoms with Crippen molar-refractivity contribution in [2.75, 3.05) is 18.5 Å². The second-order valence-corrected chi connectivity index (χ2v) is 5.13. The van der Waals surface area contributed by atoms with Gasteiger partial charge in [-0.3, -0.25) is 4.40 Å². The number of para-hydroxylation sites is 2. The van der Waals surface area contributed by atoms with Crippen molar-refractivity contribution in [2.45, 2.75) is 19.3 Å². The summed E-state index contributed by atoms with van der Waals surface area (Å²) in [6.45, 7) is 0.656. The van der Waals surface area contributed by atoms with Crippen molar-refractivity contribution in [3.63, 3.8) is 0 Å². The number of aliphatic hydroxyl groups is 1. The summed E-state index contributed by atoms with van der Waals surface area (Å²) in [5.41, 5.74) is 4.43. The predicted molar refractivity (Wildman–Crippen MR) is 78.1 cm³/mol. The Labute approximate surface area is 116 Å². The van der Waals surface area contributed by atoms with E-state index in [9.17, 15) is 0 Å². The lowest BCUT2D eigenvalue weighted by atomic mass is 10.2. The van der Waals surface area contributed by atoms with Crippen LogP contribution in [0.3, 0.4) is 0 Å². The van der Waals surface area contributed by atoms with Crippen molar-refractivity contribution in [3.8, 4) is 0 Å². The summed E-state index contributed by atoms with van der Waals surface area (Å²) >= 11 is 0. The highest BCUT2D eigenvalue weighted by molar-refractivity contribution is 5.82. The first kappa shape index (κ1) is 11.7. The van der Waals surface area contributed by atoms with Crippen LogP contribution >= 0.6 is 0 Å². The number of fused-ring (bicyclic) bond motifs is 4. The summed E-state index contributed by atoms with van der Waals surface area (Å²) in [6, 6.07) is 8.07. The molecule has 0 spiro atoms. The fraction of sp³-hybridized carbons (Fsp3) is 0.333. The van der Waals surface area contributed by atoms with Crippen LogP contribution in [0.5, 0.6) is 0 Å². The molecule has 102 valence electrons. The SMILES string of the molecule is OCCNc1c2c(nc3nc4ccccc4n13)CCC2. The van der Waals surface area contributed by atoms with Gasteiger partial charge in [0.1, 0.15) is 5.82 Å². The molecule has 0 atom stereocenters. The lowest BCUT2D eigenvalue weighted by Crippen LogP contribution is -2.12. The Morgan fingerprint density at radius 1 is 1.20 bits per heavy atom. The highest BCUT2D eigenvalue weighted by Gasteiger charge is 2.21. The molecule has 1 aliphatic rings. The molecule has 0 saturated heterocycles. The molecule has 4 rings (SSSR count). The minimum absolute atomic E-state index is 0.116. The second kappa shape index (κ2) is 4.45. The van der Waals surface area contributed by atoms with Crippen LogP contribution in [-0.2, 0) is 12.8 Å². The molecule has 0 fully saturated rings. The van der Waals surface area contributed by atoms with Gasteiger partial charge in [-0.15, -0.1) is 0 Å². The Morgan fingerprint density at radius 3 is 3.00 bits per heavy atom. The highest BCUT2D eigenvalue weighted by atomic mass is 16.3. The number of aromatic nitrogens is 3. The van der Waals surface area contributed by atoms with Crippen molar-refractivity contribution in [2.24, 2.45) is 0 Å². The van der Waals surface area contributed by atoms with E-state index >= 15 is 0 Å². The van der Waals surface area contributed by atoms with Gasteiger partial charge >= 0.3 is 0 Å². The van der Waals surface area contributed by atoms with E-state index in [1.165, 1.54) is 5.56 Å². The smallest absolute Gasteiger partial charge is 0.236 e. The largest absolute Gasteiger partial charge is 0.395 e. The first-order valence-electron chi connectivity index (χ1n) is 7.02. The maximum atomic E-state index is 9.11. The number of hydrogen-bond acceptors (Lipinski definition) is 4. The van der Waals surface area contributed by atoms with Crippen LogP contribution < -0.4 is 5.32 Å². The number of nitrogens with zero attached hydrogens (tertiary/aromatic N) is 3. The van der Waals surface area contributed by atoms with Crippen molar-refractivity contribution >= 4 is 22.6 Å². The Hall–Kier alpha value is -2.14. The molecule has 3 aromatic rings. The summed E-state index contributed by atoms with van der Waals surface area (Å²) < 4.78 is 2.08. The fourth-order valence-corrected chi connectivity index (χ4v) is 3.03. The zero-order valence-electron chi connectivity index (χ0n) is 11.1. The van der Waals surface area contributed by atoms with Gasteiger partial charge in [-0.2, -0.15) is 0 Å². The predicted octanol–water partition coefficient (Wildman–Crippen LogP) is 1.78. The molecule has 0 saturated carbocycles. The Bertz CT molecular complexity index is 793.